The summed E-state index contributed by atoms with van der Waals surface area (Å²) in [6, 6.07) is 4.20. The van der Waals surface area contributed by atoms with Crippen LogP contribution in [0.4, 0.5) is 13.2 Å². The highest BCUT2D eigenvalue weighted by molar-refractivity contribution is 6.30. The number of rotatable bonds is 1. The van der Waals surface area contributed by atoms with E-state index in [1.807, 2.05) is 0 Å². The summed E-state index contributed by atoms with van der Waals surface area (Å²) >= 11 is 5.70. The van der Waals surface area contributed by atoms with Crippen LogP contribution in [0.25, 0.3) is 6.08 Å². The first-order valence-corrected chi connectivity index (χ1v) is 4.99. The molecule has 2 rings (SSSR count). The number of aldehydes is 1. The Morgan fingerprint density at radius 2 is 2.06 bits per heavy atom. The van der Waals surface area contributed by atoms with Gasteiger partial charge in [0.1, 0.15) is 12.0 Å². The third kappa shape index (κ3) is 2.29. The molecule has 1 unspecified atom stereocenters. The van der Waals surface area contributed by atoms with Gasteiger partial charge in [0.25, 0.3) is 0 Å². The van der Waals surface area contributed by atoms with Crippen LogP contribution in [0.5, 0.6) is 5.75 Å². The van der Waals surface area contributed by atoms with E-state index in [2.05, 4.69) is 0 Å². The van der Waals surface area contributed by atoms with Gasteiger partial charge in [0.05, 0.1) is 0 Å². The van der Waals surface area contributed by atoms with Crippen molar-refractivity contribution in [2.75, 3.05) is 0 Å². The van der Waals surface area contributed by atoms with Crippen molar-refractivity contribution in [2.24, 2.45) is 0 Å². The average molecular weight is 263 g/mol. The van der Waals surface area contributed by atoms with Crippen molar-refractivity contribution in [1.82, 2.24) is 0 Å². The minimum absolute atomic E-state index is 0.0577. The Balaban J connectivity index is 2.49. The maximum Gasteiger partial charge on any atom is 0.429 e. The topological polar surface area (TPSA) is 26.3 Å². The Morgan fingerprint density at radius 3 is 2.65 bits per heavy atom. The lowest BCUT2D eigenvalue weighted by atomic mass is 10.0. The number of hydrogen-bond acceptors (Lipinski definition) is 2. The average Bonchev–Trinajstić information content (AvgIpc) is 2.25. The first kappa shape index (κ1) is 12.0. The van der Waals surface area contributed by atoms with E-state index >= 15 is 0 Å². The number of halogens is 4. The summed E-state index contributed by atoms with van der Waals surface area (Å²) in [5.41, 5.74) is -0.104. The molecular weight excluding hydrogens is 257 g/mol. The molecule has 17 heavy (non-hydrogen) atoms. The number of carbonyl (C=O) groups excluding carboxylic acids is 1. The van der Waals surface area contributed by atoms with Crippen LogP contribution in [-0.2, 0) is 4.79 Å². The van der Waals surface area contributed by atoms with Gasteiger partial charge in [-0.1, -0.05) is 11.6 Å². The van der Waals surface area contributed by atoms with E-state index < -0.39 is 17.9 Å². The number of carbonyl (C=O) groups is 1. The Kier molecular flexibility index (Phi) is 2.87. The molecule has 1 heterocycles. The fraction of sp³-hybridized carbons (Fsp3) is 0.182. The summed E-state index contributed by atoms with van der Waals surface area (Å²) in [7, 11) is 0. The maximum absolute atomic E-state index is 12.6. The molecule has 0 radical (unpaired) electrons. The second-order valence-corrected chi connectivity index (χ2v) is 3.92. The van der Waals surface area contributed by atoms with E-state index in [1.54, 1.807) is 0 Å². The quantitative estimate of drug-likeness (QED) is 0.726. The molecule has 0 saturated heterocycles. The lowest BCUT2D eigenvalue weighted by Gasteiger charge is -2.26. The minimum Gasteiger partial charge on any atom is -0.475 e. The summed E-state index contributed by atoms with van der Waals surface area (Å²) in [5, 5.41) is 0.360. The molecule has 90 valence electrons. The van der Waals surface area contributed by atoms with Crippen molar-refractivity contribution < 1.29 is 22.7 Å². The predicted molar refractivity (Wildman–Crippen MR) is 56.0 cm³/mol. The van der Waals surface area contributed by atoms with Gasteiger partial charge >= 0.3 is 6.18 Å². The molecule has 0 aromatic heterocycles. The Hall–Kier alpha value is -1.49. The molecule has 6 heteroatoms. The highest BCUT2D eigenvalue weighted by Gasteiger charge is 2.46. The SMILES string of the molecule is O=CC1=Cc2cc(Cl)ccc2OC1C(F)(F)F. The number of hydrogen-bond donors (Lipinski definition) is 0. The minimum atomic E-state index is -4.62. The molecular formula is C11H6ClF3O2. The summed E-state index contributed by atoms with van der Waals surface area (Å²) in [4.78, 5) is 10.6. The van der Waals surface area contributed by atoms with Gasteiger partial charge in [0.2, 0.25) is 6.10 Å². The van der Waals surface area contributed by atoms with Gasteiger partial charge in [-0.15, -0.1) is 0 Å². The normalized spacial score (nSPS) is 19.1. The molecule has 0 aliphatic carbocycles. The second kappa shape index (κ2) is 4.07. The smallest absolute Gasteiger partial charge is 0.429 e. The standard InChI is InChI=1S/C11H6ClF3O2/c12-8-1-2-9-6(4-8)3-7(5-16)10(17-9)11(13,14)15/h1-5,10H. The molecule has 1 aromatic rings. The van der Waals surface area contributed by atoms with Crippen molar-refractivity contribution in [3.8, 4) is 5.75 Å². The number of alkyl halides is 3. The third-order valence-corrected chi connectivity index (χ3v) is 2.51. The first-order valence-electron chi connectivity index (χ1n) is 4.61. The molecule has 1 atom stereocenters. The van der Waals surface area contributed by atoms with Crippen LogP contribution in [0.1, 0.15) is 5.56 Å². The van der Waals surface area contributed by atoms with Gasteiger partial charge in [-0.05, 0) is 24.3 Å². The van der Waals surface area contributed by atoms with Crippen LogP contribution >= 0.6 is 11.6 Å². The molecule has 1 aliphatic rings. The van der Waals surface area contributed by atoms with Gasteiger partial charge < -0.3 is 4.74 Å². The van der Waals surface area contributed by atoms with E-state index in [-0.39, 0.29) is 12.0 Å². The van der Waals surface area contributed by atoms with E-state index in [0.717, 1.165) is 6.08 Å². The third-order valence-electron chi connectivity index (χ3n) is 2.27. The lowest BCUT2D eigenvalue weighted by molar-refractivity contribution is -0.184. The van der Waals surface area contributed by atoms with Crippen molar-refractivity contribution in [2.45, 2.75) is 12.3 Å². The van der Waals surface area contributed by atoms with Crippen LogP contribution in [0, 0.1) is 0 Å². The largest absolute Gasteiger partial charge is 0.475 e. The Morgan fingerprint density at radius 1 is 1.35 bits per heavy atom. The van der Waals surface area contributed by atoms with Crippen molar-refractivity contribution >= 4 is 24.0 Å². The van der Waals surface area contributed by atoms with Gasteiger partial charge in [0.15, 0.2) is 0 Å². The van der Waals surface area contributed by atoms with Crippen LogP contribution in [0.15, 0.2) is 23.8 Å². The monoisotopic (exact) mass is 262 g/mol. The van der Waals surface area contributed by atoms with Gasteiger partial charge in [-0.2, -0.15) is 13.2 Å². The lowest BCUT2D eigenvalue weighted by Crippen LogP contribution is -2.38. The van der Waals surface area contributed by atoms with Crippen LogP contribution in [0.2, 0.25) is 5.02 Å². The molecule has 0 N–H and O–H groups in total. The van der Waals surface area contributed by atoms with Gasteiger partial charge in [-0.3, -0.25) is 4.79 Å². The fourth-order valence-corrected chi connectivity index (χ4v) is 1.72. The molecule has 2 nitrogen and oxygen atoms in total. The van der Waals surface area contributed by atoms with E-state index in [1.165, 1.54) is 18.2 Å². The second-order valence-electron chi connectivity index (χ2n) is 3.48. The summed E-state index contributed by atoms with van der Waals surface area (Å²) in [5.74, 6) is 0.0577. The van der Waals surface area contributed by atoms with Crippen molar-refractivity contribution in [3.05, 3.63) is 34.4 Å². The van der Waals surface area contributed by atoms with Crippen LogP contribution in [-0.4, -0.2) is 18.6 Å². The zero-order valence-corrected chi connectivity index (χ0v) is 9.05. The molecule has 0 saturated carbocycles. The Labute approximate surface area is 99.6 Å². The fourth-order valence-electron chi connectivity index (χ4n) is 1.54. The van der Waals surface area contributed by atoms with E-state index in [9.17, 15) is 18.0 Å². The molecule has 0 amide bonds. The van der Waals surface area contributed by atoms with Crippen molar-refractivity contribution in [3.63, 3.8) is 0 Å². The first-order chi connectivity index (χ1) is 7.91. The summed E-state index contributed by atoms with van der Waals surface area (Å²) in [6.07, 6.45) is -5.56. The molecule has 0 fully saturated rings. The zero-order valence-electron chi connectivity index (χ0n) is 8.29. The van der Waals surface area contributed by atoms with Crippen LogP contribution < -0.4 is 4.74 Å². The highest BCUT2D eigenvalue weighted by Crippen LogP contribution is 2.37. The van der Waals surface area contributed by atoms with E-state index in [4.69, 9.17) is 16.3 Å². The summed E-state index contributed by atoms with van der Waals surface area (Å²) < 4.78 is 42.6. The molecule has 1 aliphatic heterocycles. The van der Waals surface area contributed by atoms with Gasteiger partial charge in [0, 0.05) is 16.2 Å². The zero-order chi connectivity index (χ0) is 12.6. The Bertz CT molecular complexity index is 494. The highest BCUT2D eigenvalue weighted by atomic mass is 35.5. The molecule has 0 spiro atoms. The number of ether oxygens (including phenoxy) is 1. The van der Waals surface area contributed by atoms with Crippen molar-refractivity contribution in [1.29, 1.82) is 0 Å². The summed E-state index contributed by atoms with van der Waals surface area (Å²) in [6.45, 7) is 0. The number of benzene rings is 1. The van der Waals surface area contributed by atoms with Crippen LogP contribution in [0.3, 0.4) is 0 Å². The molecule has 1 aromatic carbocycles. The maximum atomic E-state index is 12.6. The molecule has 0 bridgehead atoms. The number of fused-ring (bicyclic) bond motifs is 1. The van der Waals surface area contributed by atoms with E-state index in [0.29, 0.717) is 10.6 Å². The van der Waals surface area contributed by atoms with Gasteiger partial charge in [-0.25, -0.2) is 0 Å². The predicted octanol–water partition coefficient (Wildman–Crippen LogP) is 3.25.